The summed E-state index contributed by atoms with van der Waals surface area (Å²) in [6, 6.07) is 0.00912. The fraction of sp³-hybridized carbons (Fsp3) is 0.571. The molecule has 22 heavy (non-hydrogen) atoms. The zero-order valence-electron chi connectivity index (χ0n) is 12.5. The number of rotatable bonds is 5. The first-order valence-corrected chi connectivity index (χ1v) is 7.69. The van der Waals surface area contributed by atoms with Crippen LogP contribution in [0.4, 0.5) is 4.79 Å². The van der Waals surface area contributed by atoms with Gasteiger partial charge in [-0.25, -0.2) is 9.78 Å². The molecule has 0 bridgehead atoms. The quantitative estimate of drug-likeness (QED) is 0.805. The van der Waals surface area contributed by atoms with E-state index in [1.807, 2.05) is 17.3 Å². The number of carbonyl (C=O) groups excluding carboxylic acids is 1. The molecule has 3 rings (SSSR count). The lowest BCUT2D eigenvalue weighted by Crippen LogP contribution is -2.45. The molecular weight excluding hydrogens is 282 g/mol. The number of carbonyl (C=O) groups is 1. The van der Waals surface area contributed by atoms with Crippen molar-refractivity contribution in [3.05, 3.63) is 30.6 Å². The third-order valence-electron chi connectivity index (χ3n) is 3.93. The largest absolute Gasteiger partial charge is 0.348 e. The van der Waals surface area contributed by atoms with Crippen molar-refractivity contribution in [3.63, 3.8) is 0 Å². The van der Waals surface area contributed by atoms with E-state index in [-0.39, 0.29) is 6.03 Å². The average molecular weight is 303 g/mol. The van der Waals surface area contributed by atoms with Crippen molar-refractivity contribution >= 4 is 6.03 Å². The van der Waals surface area contributed by atoms with Gasteiger partial charge in [0.1, 0.15) is 5.82 Å². The zero-order valence-corrected chi connectivity index (χ0v) is 12.5. The highest BCUT2D eigenvalue weighted by Crippen LogP contribution is 2.24. The summed E-state index contributed by atoms with van der Waals surface area (Å²) in [5.74, 6) is 1.29. The molecule has 2 aromatic rings. The van der Waals surface area contributed by atoms with Crippen LogP contribution in [0.1, 0.15) is 31.0 Å². The van der Waals surface area contributed by atoms with E-state index < -0.39 is 0 Å². The lowest BCUT2D eigenvalue weighted by Gasteiger charge is -2.31. The van der Waals surface area contributed by atoms with Gasteiger partial charge in [0.05, 0.1) is 6.20 Å². The van der Waals surface area contributed by atoms with Gasteiger partial charge >= 0.3 is 6.03 Å². The number of hydrogen-bond donors (Lipinski definition) is 2. The molecule has 2 aromatic heterocycles. The normalized spacial score (nSPS) is 18.4. The summed E-state index contributed by atoms with van der Waals surface area (Å²) in [5, 5.41) is 10.6. The van der Waals surface area contributed by atoms with Crippen LogP contribution < -0.4 is 5.32 Å². The molecule has 2 amide bonds. The van der Waals surface area contributed by atoms with Crippen LogP contribution in [0, 0.1) is 0 Å². The lowest BCUT2D eigenvalue weighted by atomic mass is 9.98. The van der Waals surface area contributed by atoms with E-state index in [0.29, 0.717) is 12.5 Å². The number of aryl methyl sites for hydroxylation is 1. The van der Waals surface area contributed by atoms with Crippen LogP contribution in [-0.2, 0) is 6.54 Å². The van der Waals surface area contributed by atoms with E-state index in [1.54, 1.807) is 17.1 Å². The molecule has 0 aliphatic carbocycles. The molecule has 1 saturated heterocycles. The van der Waals surface area contributed by atoms with Crippen LogP contribution >= 0.6 is 0 Å². The number of nitrogens with zero attached hydrogens (tertiary/aromatic N) is 5. The monoisotopic (exact) mass is 303 g/mol. The number of H-pyrrole nitrogens is 1. The molecule has 0 saturated carbocycles. The number of aromatic nitrogens is 5. The Balaban J connectivity index is 1.41. The fourth-order valence-corrected chi connectivity index (χ4v) is 2.79. The van der Waals surface area contributed by atoms with Gasteiger partial charge in [0.25, 0.3) is 0 Å². The van der Waals surface area contributed by atoms with Crippen molar-refractivity contribution in [1.29, 1.82) is 0 Å². The number of aromatic amines is 1. The summed E-state index contributed by atoms with van der Waals surface area (Å²) in [6.45, 7) is 2.93. The van der Waals surface area contributed by atoms with Gasteiger partial charge in [-0.15, -0.1) is 5.10 Å². The Labute approximate surface area is 128 Å². The first-order chi connectivity index (χ1) is 10.8. The van der Waals surface area contributed by atoms with E-state index in [2.05, 4.69) is 25.6 Å². The highest BCUT2D eigenvalue weighted by atomic mass is 16.2. The van der Waals surface area contributed by atoms with Crippen molar-refractivity contribution in [1.82, 2.24) is 35.2 Å². The number of piperidine rings is 1. The number of hydrogen-bond acceptors (Lipinski definition) is 4. The maximum Gasteiger partial charge on any atom is 0.317 e. The van der Waals surface area contributed by atoms with Gasteiger partial charge in [-0.2, -0.15) is 0 Å². The maximum absolute atomic E-state index is 12.2. The summed E-state index contributed by atoms with van der Waals surface area (Å²) in [5.41, 5.74) is 0. The molecule has 1 atom stereocenters. The Morgan fingerprint density at radius 2 is 2.41 bits per heavy atom. The molecule has 1 aliphatic rings. The molecule has 1 aliphatic heterocycles. The molecule has 1 fully saturated rings. The second-order valence-electron chi connectivity index (χ2n) is 5.51. The minimum absolute atomic E-state index is 0.00912. The second-order valence-corrected chi connectivity index (χ2v) is 5.51. The van der Waals surface area contributed by atoms with Crippen LogP contribution in [-0.4, -0.2) is 55.5 Å². The molecule has 0 unspecified atom stereocenters. The molecule has 0 aromatic carbocycles. The topological polar surface area (TPSA) is 91.7 Å². The van der Waals surface area contributed by atoms with Crippen molar-refractivity contribution < 1.29 is 4.79 Å². The third kappa shape index (κ3) is 3.63. The minimum atomic E-state index is 0.00912. The number of amides is 2. The highest BCUT2D eigenvalue weighted by Gasteiger charge is 2.25. The molecule has 8 nitrogen and oxygen atoms in total. The SMILES string of the molecule is O=C(NCCCn1ccnn1)N1CCC[C@@H](c2ncc[nH]2)C1. The molecule has 0 radical (unpaired) electrons. The van der Waals surface area contributed by atoms with Gasteiger partial charge in [-0.3, -0.25) is 4.68 Å². The molecule has 8 heteroatoms. The molecule has 2 N–H and O–H groups in total. The summed E-state index contributed by atoms with van der Waals surface area (Å²) >= 11 is 0. The molecule has 0 spiro atoms. The van der Waals surface area contributed by atoms with E-state index in [9.17, 15) is 4.79 Å². The van der Waals surface area contributed by atoms with Crippen LogP contribution in [0.15, 0.2) is 24.8 Å². The number of imidazole rings is 1. The van der Waals surface area contributed by atoms with Gasteiger partial charge in [-0.05, 0) is 19.3 Å². The zero-order chi connectivity index (χ0) is 15.2. The molecule has 118 valence electrons. The van der Waals surface area contributed by atoms with Gasteiger partial charge in [0.2, 0.25) is 0 Å². The van der Waals surface area contributed by atoms with E-state index in [4.69, 9.17) is 0 Å². The Kier molecular flexibility index (Phi) is 4.67. The number of nitrogens with one attached hydrogen (secondary N) is 2. The van der Waals surface area contributed by atoms with Crippen LogP contribution in [0.3, 0.4) is 0 Å². The summed E-state index contributed by atoms with van der Waals surface area (Å²) in [4.78, 5) is 21.6. The predicted octanol–water partition coefficient (Wildman–Crippen LogP) is 0.980. The van der Waals surface area contributed by atoms with Crippen molar-refractivity contribution in [2.45, 2.75) is 31.7 Å². The molecular formula is C14H21N7O. The standard InChI is InChI=1S/C14H21N7O/c22-14(17-4-2-9-21-10-7-18-19-21)20-8-1-3-12(11-20)13-15-5-6-16-13/h5-7,10,12H,1-4,8-9,11H2,(H,15,16)(H,17,22)/t12-/m1/s1. The summed E-state index contributed by atoms with van der Waals surface area (Å²) < 4.78 is 1.76. The van der Waals surface area contributed by atoms with Gasteiger partial charge in [0.15, 0.2) is 0 Å². The summed E-state index contributed by atoms with van der Waals surface area (Å²) in [7, 11) is 0. The first kappa shape index (κ1) is 14.6. The van der Waals surface area contributed by atoms with Crippen molar-refractivity contribution in [2.24, 2.45) is 0 Å². The lowest BCUT2D eigenvalue weighted by molar-refractivity contribution is 0.178. The first-order valence-electron chi connectivity index (χ1n) is 7.69. The smallest absolute Gasteiger partial charge is 0.317 e. The molecule has 3 heterocycles. The Morgan fingerprint density at radius 3 is 3.18 bits per heavy atom. The fourth-order valence-electron chi connectivity index (χ4n) is 2.79. The highest BCUT2D eigenvalue weighted by molar-refractivity contribution is 5.74. The van der Waals surface area contributed by atoms with Gasteiger partial charge in [-0.1, -0.05) is 5.21 Å². The summed E-state index contributed by atoms with van der Waals surface area (Å²) in [6.07, 6.45) is 9.99. The average Bonchev–Trinajstić information content (AvgIpc) is 3.24. The van der Waals surface area contributed by atoms with Crippen molar-refractivity contribution in [2.75, 3.05) is 19.6 Å². The van der Waals surface area contributed by atoms with Crippen LogP contribution in [0.5, 0.6) is 0 Å². The number of likely N-dealkylation sites (tertiary alicyclic amines) is 1. The number of urea groups is 1. The predicted molar refractivity (Wildman–Crippen MR) is 80.2 cm³/mol. The van der Waals surface area contributed by atoms with Gasteiger partial charge in [0, 0.05) is 50.7 Å². The maximum atomic E-state index is 12.2. The third-order valence-corrected chi connectivity index (χ3v) is 3.93. The Bertz CT molecular complexity index is 566. The van der Waals surface area contributed by atoms with E-state index in [1.165, 1.54) is 0 Å². The van der Waals surface area contributed by atoms with Crippen molar-refractivity contribution in [3.8, 4) is 0 Å². The van der Waals surface area contributed by atoms with Crippen LogP contribution in [0.2, 0.25) is 0 Å². The van der Waals surface area contributed by atoms with E-state index >= 15 is 0 Å². The Hall–Kier alpha value is -2.38. The minimum Gasteiger partial charge on any atom is -0.348 e. The van der Waals surface area contributed by atoms with Gasteiger partial charge < -0.3 is 15.2 Å². The second kappa shape index (κ2) is 7.06. The Morgan fingerprint density at radius 1 is 1.45 bits per heavy atom. The van der Waals surface area contributed by atoms with Crippen LogP contribution in [0.25, 0.3) is 0 Å². The van der Waals surface area contributed by atoms with E-state index in [0.717, 1.165) is 44.7 Å².